The van der Waals surface area contributed by atoms with Crippen molar-refractivity contribution in [1.82, 2.24) is 4.57 Å². The molecule has 0 N–H and O–H groups in total. The highest BCUT2D eigenvalue weighted by atomic mass is 32.1. The smallest absolute Gasteiger partial charge is 0.185 e. The van der Waals surface area contributed by atoms with Crippen LogP contribution in [0.25, 0.3) is 0 Å². The Hall–Kier alpha value is -1.39. The van der Waals surface area contributed by atoms with Gasteiger partial charge in [0.05, 0.1) is 12.6 Å². The van der Waals surface area contributed by atoms with Crippen molar-refractivity contribution in [2.24, 2.45) is 4.99 Å². The highest BCUT2D eigenvalue weighted by molar-refractivity contribution is 7.07. The summed E-state index contributed by atoms with van der Waals surface area (Å²) < 4.78 is 7.61. The van der Waals surface area contributed by atoms with Gasteiger partial charge in [-0.05, 0) is 25.3 Å². The highest BCUT2D eigenvalue weighted by Crippen LogP contribution is 2.40. The first-order valence-electron chi connectivity index (χ1n) is 7.55. The molecule has 21 heavy (non-hydrogen) atoms. The molecule has 0 radical (unpaired) electrons. The third-order valence-corrected chi connectivity index (χ3v) is 4.82. The minimum atomic E-state index is 0.186. The molecule has 1 atom stereocenters. The lowest BCUT2D eigenvalue weighted by Crippen LogP contribution is -2.20. The van der Waals surface area contributed by atoms with Crippen molar-refractivity contribution in [2.45, 2.75) is 38.3 Å². The van der Waals surface area contributed by atoms with Gasteiger partial charge in [0.25, 0.3) is 0 Å². The summed E-state index contributed by atoms with van der Waals surface area (Å²) in [5.74, 6) is 0.745. The molecule has 0 saturated heterocycles. The molecule has 3 rings (SSSR count). The minimum absolute atomic E-state index is 0.186. The molecule has 0 aliphatic heterocycles. The number of hydrogen-bond donors (Lipinski definition) is 0. The maximum Gasteiger partial charge on any atom is 0.185 e. The van der Waals surface area contributed by atoms with Gasteiger partial charge in [0, 0.05) is 30.6 Å². The van der Waals surface area contributed by atoms with E-state index in [2.05, 4.69) is 41.1 Å². The zero-order chi connectivity index (χ0) is 14.7. The molecule has 1 heterocycles. The molecule has 1 aliphatic rings. The predicted octanol–water partition coefficient (Wildman–Crippen LogP) is 3.74. The molecule has 3 nitrogen and oxygen atoms in total. The third kappa shape index (κ3) is 3.44. The van der Waals surface area contributed by atoms with Gasteiger partial charge in [-0.1, -0.05) is 30.3 Å². The monoisotopic (exact) mass is 302 g/mol. The van der Waals surface area contributed by atoms with E-state index in [-0.39, 0.29) is 6.04 Å². The van der Waals surface area contributed by atoms with E-state index < -0.39 is 0 Å². The summed E-state index contributed by atoms with van der Waals surface area (Å²) in [5, 5.41) is 2.28. The Morgan fingerprint density at radius 2 is 2.10 bits per heavy atom. The van der Waals surface area contributed by atoms with Gasteiger partial charge in [0.1, 0.15) is 0 Å². The molecule has 1 unspecified atom stereocenters. The SMILES string of the molecule is COCCn1c(C2CC2)csc1=NC(C)c1ccccc1. The molecular formula is C17H22N2OS. The number of methoxy groups -OCH3 is 1. The Morgan fingerprint density at radius 3 is 2.76 bits per heavy atom. The van der Waals surface area contributed by atoms with Crippen molar-refractivity contribution in [3.63, 3.8) is 0 Å². The van der Waals surface area contributed by atoms with Gasteiger partial charge < -0.3 is 9.30 Å². The molecule has 0 spiro atoms. The lowest BCUT2D eigenvalue weighted by molar-refractivity contribution is 0.185. The van der Waals surface area contributed by atoms with Crippen LogP contribution in [-0.2, 0) is 11.3 Å². The minimum Gasteiger partial charge on any atom is -0.383 e. The van der Waals surface area contributed by atoms with Crippen molar-refractivity contribution >= 4 is 11.3 Å². The number of thiazole rings is 1. The molecule has 1 aromatic heterocycles. The third-order valence-electron chi connectivity index (χ3n) is 3.93. The van der Waals surface area contributed by atoms with E-state index in [9.17, 15) is 0 Å². The van der Waals surface area contributed by atoms with Crippen LogP contribution in [0, 0.1) is 0 Å². The van der Waals surface area contributed by atoms with Crippen LogP contribution in [-0.4, -0.2) is 18.3 Å². The van der Waals surface area contributed by atoms with Gasteiger partial charge in [0.2, 0.25) is 0 Å². The van der Waals surface area contributed by atoms with E-state index in [4.69, 9.17) is 9.73 Å². The van der Waals surface area contributed by atoms with E-state index in [1.54, 1.807) is 18.4 Å². The molecule has 2 aromatic rings. The van der Waals surface area contributed by atoms with E-state index >= 15 is 0 Å². The molecule has 1 saturated carbocycles. The Kier molecular flexibility index (Phi) is 4.56. The Labute approximate surface area is 129 Å². The Bertz CT molecular complexity index is 640. The highest BCUT2D eigenvalue weighted by Gasteiger charge is 2.27. The number of aromatic nitrogens is 1. The summed E-state index contributed by atoms with van der Waals surface area (Å²) in [6.45, 7) is 3.79. The fourth-order valence-electron chi connectivity index (χ4n) is 2.53. The quantitative estimate of drug-likeness (QED) is 0.798. The summed E-state index contributed by atoms with van der Waals surface area (Å²) in [5.41, 5.74) is 2.70. The van der Waals surface area contributed by atoms with E-state index in [0.717, 1.165) is 23.9 Å². The van der Waals surface area contributed by atoms with Crippen molar-refractivity contribution < 1.29 is 4.74 Å². The average molecular weight is 302 g/mol. The molecule has 1 fully saturated rings. The van der Waals surface area contributed by atoms with Crippen LogP contribution in [0.2, 0.25) is 0 Å². The summed E-state index contributed by atoms with van der Waals surface area (Å²) in [6.07, 6.45) is 2.63. The van der Waals surface area contributed by atoms with Gasteiger partial charge in [-0.25, -0.2) is 0 Å². The number of benzene rings is 1. The van der Waals surface area contributed by atoms with Crippen LogP contribution in [0.5, 0.6) is 0 Å². The molecule has 0 bridgehead atoms. The van der Waals surface area contributed by atoms with Gasteiger partial charge in [-0.3, -0.25) is 4.99 Å². The fourth-order valence-corrected chi connectivity index (χ4v) is 3.61. The molecule has 112 valence electrons. The van der Waals surface area contributed by atoms with Crippen LogP contribution < -0.4 is 4.80 Å². The number of rotatable bonds is 6. The summed E-state index contributed by atoms with van der Waals surface area (Å²) in [7, 11) is 1.76. The molecule has 1 aliphatic carbocycles. The maximum atomic E-state index is 5.26. The lowest BCUT2D eigenvalue weighted by Gasteiger charge is -2.09. The van der Waals surface area contributed by atoms with Crippen LogP contribution in [0.3, 0.4) is 0 Å². The van der Waals surface area contributed by atoms with E-state index in [0.29, 0.717) is 0 Å². The zero-order valence-electron chi connectivity index (χ0n) is 12.7. The average Bonchev–Trinajstić information content (AvgIpc) is 3.29. The Balaban J connectivity index is 1.91. The second-order valence-electron chi connectivity index (χ2n) is 5.58. The van der Waals surface area contributed by atoms with Crippen LogP contribution in [0.1, 0.15) is 43.0 Å². The van der Waals surface area contributed by atoms with Crippen LogP contribution >= 0.6 is 11.3 Å². The largest absolute Gasteiger partial charge is 0.383 e. The van der Waals surface area contributed by atoms with Crippen molar-refractivity contribution in [3.8, 4) is 0 Å². The zero-order valence-corrected chi connectivity index (χ0v) is 13.5. The number of nitrogens with zero attached hydrogens (tertiary/aromatic N) is 2. The van der Waals surface area contributed by atoms with E-state index in [1.165, 1.54) is 24.1 Å². The lowest BCUT2D eigenvalue weighted by atomic mass is 10.1. The maximum absolute atomic E-state index is 5.26. The molecule has 4 heteroatoms. The molecular weight excluding hydrogens is 280 g/mol. The second kappa shape index (κ2) is 6.58. The number of ether oxygens (including phenoxy) is 1. The molecule has 1 aromatic carbocycles. The normalized spacial score (nSPS) is 17.1. The fraction of sp³-hybridized carbons (Fsp3) is 0.471. The van der Waals surface area contributed by atoms with E-state index in [1.807, 2.05) is 6.07 Å². The first kappa shape index (κ1) is 14.5. The second-order valence-corrected chi connectivity index (χ2v) is 6.41. The van der Waals surface area contributed by atoms with Crippen molar-refractivity contribution in [2.75, 3.05) is 13.7 Å². The summed E-state index contributed by atoms with van der Waals surface area (Å²) in [6, 6.07) is 10.7. The summed E-state index contributed by atoms with van der Waals surface area (Å²) in [4.78, 5) is 6.05. The number of hydrogen-bond acceptors (Lipinski definition) is 3. The van der Waals surface area contributed by atoms with Crippen LogP contribution in [0.15, 0.2) is 40.7 Å². The molecule has 0 amide bonds. The van der Waals surface area contributed by atoms with Gasteiger partial charge >= 0.3 is 0 Å². The standard InChI is InChI=1S/C17H22N2OS/c1-13(14-6-4-3-5-7-14)18-17-19(10-11-20-2)16(12-21-17)15-8-9-15/h3-7,12-13,15H,8-11H2,1-2H3. The summed E-state index contributed by atoms with van der Waals surface area (Å²) >= 11 is 1.76. The topological polar surface area (TPSA) is 26.5 Å². The Morgan fingerprint density at radius 1 is 1.33 bits per heavy atom. The van der Waals surface area contributed by atoms with Crippen molar-refractivity contribution in [1.29, 1.82) is 0 Å². The van der Waals surface area contributed by atoms with Crippen molar-refractivity contribution in [3.05, 3.63) is 51.8 Å². The van der Waals surface area contributed by atoms with Crippen LogP contribution in [0.4, 0.5) is 0 Å². The van der Waals surface area contributed by atoms with Gasteiger partial charge in [-0.2, -0.15) is 0 Å². The first-order chi connectivity index (χ1) is 10.3. The first-order valence-corrected chi connectivity index (χ1v) is 8.43. The van der Waals surface area contributed by atoms with Gasteiger partial charge in [0.15, 0.2) is 4.80 Å². The van der Waals surface area contributed by atoms with Gasteiger partial charge in [-0.15, -0.1) is 11.3 Å². The predicted molar refractivity (Wildman–Crippen MR) is 86.6 cm³/mol.